The van der Waals surface area contributed by atoms with Crippen LogP contribution in [-0.2, 0) is 11.2 Å². The first kappa shape index (κ1) is 18.7. The van der Waals surface area contributed by atoms with Gasteiger partial charge in [0.15, 0.2) is 0 Å². The predicted molar refractivity (Wildman–Crippen MR) is 97.5 cm³/mol. The highest BCUT2D eigenvalue weighted by Crippen LogP contribution is 2.14. The number of aliphatic carboxylic acids is 1. The summed E-state index contributed by atoms with van der Waals surface area (Å²) in [6.07, 6.45) is 2.49. The molecule has 0 bridgehead atoms. The Hall–Kier alpha value is -2.66. The van der Waals surface area contributed by atoms with E-state index in [4.69, 9.17) is 10.8 Å². The van der Waals surface area contributed by atoms with Crippen molar-refractivity contribution in [1.29, 1.82) is 0 Å². The molecule has 0 spiro atoms. The van der Waals surface area contributed by atoms with E-state index in [1.165, 1.54) is 0 Å². The molecule has 0 aromatic heterocycles. The van der Waals surface area contributed by atoms with Crippen LogP contribution in [0.25, 0.3) is 0 Å². The molecule has 0 fully saturated rings. The Kier molecular flexibility index (Phi) is 7.16. The second-order valence-corrected chi connectivity index (χ2v) is 6.02. The van der Waals surface area contributed by atoms with Crippen LogP contribution in [-0.4, -0.2) is 29.6 Å². The van der Waals surface area contributed by atoms with Gasteiger partial charge >= 0.3 is 5.97 Å². The summed E-state index contributed by atoms with van der Waals surface area (Å²) in [7, 11) is 0. The number of carboxylic acid groups (broad SMARTS) is 1. The van der Waals surface area contributed by atoms with Crippen LogP contribution in [0.3, 0.4) is 0 Å². The second kappa shape index (κ2) is 9.59. The maximum atomic E-state index is 12.4. The van der Waals surface area contributed by atoms with Crippen LogP contribution in [0.5, 0.6) is 0 Å². The van der Waals surface area contributed by atoms with Crippen LogP contribution in [0.2, 0.25) is 0 Å². The van der Waals surface area contributed by atoms with E-state index in [1.807, 2.05) is 54.6 Å². The Bertz CT molecular complexity index is 701. The Balaban J connectivity index is 1.86. The first-order chi connectivity index (χ1) is 12.1. The van der Waals surface area contributed by atoms with Gasteiger partial charge in [-0.05, 0) is 42.9 Å². The fourth-order valence-corrected chi connectivity index (χ4v) is 2.62. The molecule has 2 aromatic carbocycles. The molecule has 2 aromatic rings. The summed E-state index contributed by atoms with van der Waals surface area (Å²) in [6.45, 7) is 0.505. The molecule has 25 heavy (non-hydrogen) atoms. The molecule has 0 aliphatic heterocycles. The SMILES string of the molecule is N[C@H](CCCCNC(=O)c1ccccc1Cc1ccccc1)C(=O)O. The van der Waals surface area contributed by atoms with Gasteiger partial charge in [-0.1, -0.05) is 48.5 Å². The van der Waals surface area contributed by atoms with E-state index in [0.29, 0.717) is 37.8 Å². The molecular formula is C20H24N2O3. The topological polar surface area (TPSA) is 92.4 Å². The van der Waals surface area contributed by atoms with Crippen LogP contribution >= 0.6 is 0 Å². The minimum absolute atomic E-state index is 0.103. The van der Waals surface area contributed by atoms with Crippen molar-refractivity contribution in [1.82, 2.24) is 5.32 Å². The number of nitrogens with two attached hydrogens (primary N) is 1. The third kappa shape index (κ3) is 6.04. The van der Waals surface area contributed by atoms with Crippen molar-refractivity contribution in [3.63, 3.8) is 0 Å². The molecule has 0 unspecified atom stereocenters. The van der Waals surface area contributed by atoms with Crippen molar-refractivity contribution in [2.75, 3.05) is 6.54 Å². The fourth-order valence-electron chi connectivity index (χ4n) is 2.62. The third-order valence-corrected chi connectivity index (χ3v) is 4.04. The van der Waals surface area contributed by atoms with Crippen LogP contribution in [0, 0.1) is 0 Å². The molecule has 5 heteroatoms. The first-order valence-electron chi connectivity index (χ1n) is 8.46. The quantitative estimate of drug-likeness (QED) is 0.612. The summed E-state index contributed by atoms with van der Waals surface area (Å²) in [5.74, 6) is -1.09. The van der Waals surface area contributed by atoms with E-state index in [-0.39, 0.29) is 5.91 Å². The van der Waals surface area contributed by atoms with Crippen LogP contribution in [0.4, 0.5) is 0 Å². The van der Waals surface area contributed by atoms with Gasteiger partial charge < -0.3 is 16.2 Å². The fraction of sp³-hybridized carbons (Fsp3) is 0.300. The second-order valence-electron chi connectivity index (χ2n) is 6.02. The van der Waals surface area contributed by atoms with E-state index < -0.39 is 12.0 Å². The maximum absolute atomic E-state index is 12.4. The molecule has 0 radical (unpaired) electrons. The number of carbonyl (C=O) groups excluding carboxylic acids is 1. The van der Waals surface area contributed by atoms with Crippen molar-refractivity contribution < 1.29 is 14.7 Å². The van der Waals surface area contributed by atoms with E-state index >= 15 is 0 Å². The molecule has 1 atom stereocenters. The average Bonchev–Trinajstić information content (AvgIpc) is 2.62. The molecule has 4 N–H and O–H groups in total. The molecule has 5 nitrogen and oxygen atoms in total. The minimum atomic E-state index is -0.987. The normalized spacial score (nSPS) is 11.7. The average molecular weight is 340 g/mol. The molecule has 0 saturated carbocycles. The van der Waals surface area contributed by atoms with E-state index in [9.17, 15) is 9.59 Å². The van der Waals surface area contributed by atoms with Crippen LogP contribution in [0.15, 0.2) is 54.6 Å². The number of hydrogen-bond acceptors (Lipinski definition) is 3. The highest BCUT2D eigenvalue weighted by atomic mass is 16.4. The molecular weight excluding hydrogens is 316 g/mol. The Morgan fingerprint density at radius 2 is 1.68 bits per heavy atom. The van der Waals surface area contributed by atoms with Gasteiger partial charge in [-0.15, -0.1) is 0 Å². The van der Waals surface area contributed by atoms with Gasteiger partial charge in [0.05, 0.1) is 0 Å². The third-order valence-electron chi connectivity index (χ3n) is 4.04. The van der Waals surface area contributed by atoms with E-state index in [1.54, 1.807) is 0 Å². The molecule has 132 valence electrons. The molecule has 2 rings (SSSR count). The lowest BCUT2D eigenvalue weighted by Gasteiger charge is -2.11. The largest absolute Gasteiger partial charge is 0.480 e. The number of benzene rings is 2. The zero-order chi connectivity index (χ0) is 18.1. The summed E-state index contributed by atoms with van der Waals surface area (Å²) in [6, 6.07) is 16.8. The Labute approximate surface area is 147 Å². The number of hydrogen-bond donors (Lipinski definition) is 3. The number of amides is 1. The number of unbranched alkanes of at least 4 members (excludes halogenated alkanes) is 1. The number of carbonyl (C=O) groups is 2. The van der Waals surface area contributed by atoms with Crippen LogP contribution < -0.4 is 11.1 Å². The highest BCUT2D eigenvalue weighted by molar-refractivity contribution is 5.95. The van der Waals surface area contributed by atoms with Crippen molar-refractivity contribution in [3.05, 3.63) is 71.3 Å². The van der Waals surface area contributed by atoms with E-state index in [2.05, 4.69) is 5.32 Å². The van der Waals surface area contributed by atoms with Gasteiger partial charge in [0.1, 0.15) is 6.04 Å². The summed E-state index contributed by atoms with van der Waals surface area (Å²) >= 11 is 0. The monoisotopic (exact) mass is 340 g/mol. The van der Waals surface area contributed by atoms with Gasteiger partial charge in [0.2, 0.25) is 0 Å². The van der Waals surface area contributed by atoms with Crippen LogP contribution in [0.1, 0.15) is 40.7 Å². The summed E-state index contributed by atoms with van der Waals surface area (Å²) in [4.78, 5) is 23.1. The van der Waals surface area contributed by atoms with Gasteiger partial charge in [0.25, 0.3) is 5.91 Å². The molecule has 0 heterocycles. The Morgan fingerprint density at radius 3 is 2.40 bits per heavy atom. The summed E-state index contributed by atoms with van der Waals surface area (Å²) in [5.41, 5.74) is 8.27. The molecule has 0 aliphatic carbocycles. The van der Waals surface area contributed by atoms with E-state index in [0.717, 1.165) is 11.1 Å². The first-order valence-corrected chi connectivity index (χ1v) is 8.46. The lowest BCUT2D eigenvalue weighted by molar-refractivity contribution is -0.138. The van der Waals surface area contributed by atoms with Gasteiger partial charge in [0, 0.05) is 12.1 Å². The molecule has 1 amide bonds. The summed E-state index contributed by atoms with van der Waals surface area (Å²) in [5, 5.41) is 11.6. The lowest BCUT2D eigenvalue weighted by Crippen LogP contribution is -2.30. The zero-order valence-electron chi connectivity index (χ0n) is 14.2. The standard InChI is InChI=1S/C20H24N2O3/c21-18(20(24)25)12-6-7-13-22-19(23)17-11-5-4-10-16(17)14-15-8-2-1-3-9-15/h1-5,8-11,18H,6-7,12-14,21H2,(H,22,23)(H,24,25)/t18-/m1/s1. The number of rotatable bonds is 9. The number of nitrogens with one attached hydrogen (secondary N) is 1. The highest BCUT2D eigenvalue weighted by Gasteiger charge is 2.12. The maximum Gasteiger partial charge on any atom is 0.320 e. The van der Waals surface area contributed by atoms with Crippen molar-refractivity contribution in [2.24, 2.45) is 5.73 Å². The van der Waals surface area contributed by atoms with Gasteiger partial charge in [-0.25, -0.2) is 0 Å². The molecule has 0 saturated heterocycles. The van der Waals surface area contributed by atoms with Gasteiger partial charge in [-0.2, -0.15) is 0 Å². The van der Waals surface area contributed by atoms with Crippen molar-refractivity contribution in [3.8, 4) is 0 Å². The Morgan fingerprint density at radius 1 is 1.00 bits per heavy atom. The van der Waals surface area contributed by atoms with Gasteiger partial charge in [-0.3, -0.25) is 9.59 Å². The predicted octanol–water partition coefficient (Wildman–Crippen LogP) is 2.59. The van der Waals surface area contributed by atoms with Crippen molar-refractivity contribution >= 4 is 11.9 Å². The summed E-state index contributed by atoms with van der Waals surface area (Å²) < 4.78 is 0. The molecule has 0 aliphatic rings. The number of carboxylic acids is 1. The zero-order valence-corrected chi connectivity index (χ0v) is 14.2. The lowest BCUT2D eigenvalue weighted by atomic mass is 9.99. The van der Waals surface area contributed by atoms with Crippen molar-refractivity contribution in [2.45, 2.75) is 31.7 Å². The minimum Gasteiger partial charge on any atom is -0.480 e. The smallest absolute Gasteiger partial charge is 0.320 e.